The number of nitrogens with zero attached hydrogens (tertiary/aromatic N) is 2. The molecule has 0 bridgehead atoms. The smallest absolute Gasteiger partial charge is 0.0620 e. The maximum atomic E-state index is 2.47. The van der Waals surface area contributed by atoms with Crippen molar-refractivity contribution in [2.75, 3.05) is 0 Å². The summed E-state index contributed by atoms with van der Waals surface area (Å²) >= 11 is 0. The minimum atomic E-state index is 1.24. The van der Waals surface area contributed by atoms with E-state index in [0.29, 0.717) is 0 Å². The van der Waals surface area contributed by atoms with E-state index in [-0.39, 0.29) is 0 Å². The normalized spacial score (nSPS) is 12.1. The Morgan fingerprint density at radius 3 is 1.36 bits per heavy atom. The van der Waals surface area contributed by atoms with Crippen LogP contribution in [0.3, 0.4) is 0 Å². The quantitative estimate of drug-likeness (QED) is 0.199. The fraction of sp³-hybridized carbons (Fsp3) is 0.0233. The number of hydrogen-bond acceptors (Lipinski definition) is 0. The van der Waals surface area contributed by atoms with Gasteiger partial charge in [0.2, 0.25) is 0 Å². The fourth-order valence-electron chi connectivity index (χ4n) is 7.68. The average molecular weight is 573 g/mol. The van der Waals surface area contributed by atoms with E-state index in [9.17, 15) is 0 Å². The number of hydrogen-bond donors (Lipinski definition) is 0. The fourth-order valence-corrected chi connectivity index (χ4v) is 7.68. The Morgan fingerprint density at radius 1 is 0.311 bits per heavy atom. The van der Waals surface area contributed by atoms with Gasteiger partial charge < -0.3 is 8.97 Å². The first kappa shape index (κ1) is 24.6. The van der Waals surface area contributed by atoms with Crippen molar-refractivity contribution in [3.05, 3.63) is 152 Å². The van der Waals surface area contributed by atoms with Crippen LogP contribution >= 0.6 is 0 Å². The number of rotatable bonds is 3. The maximum absolute atomic E-state index is 2.47. The van der Waals surface area contributed by atoms with Gasteiger partial charge >= 0.3 is 0 Å². The van der Waals surface area contributed by atoms with Crippen LogP contribution in [0.5, 0.6) is 0 Å². The van der Waals surface area contributed by atoms with Crippen molar-refractivity contribution in [3.63, 3.8) is 0 Å². The molecule has 10 aromatic rings. The first-order valence-electron chi connectivity index (χ1n) is 15.6. The third kappa shape index (κ3) is 3.45. The van der Waals surface area contributed by atoms with Crippen molar-refractivity contribution in [1.29, 1.82) is 0 Å². The van der Waals surface area contributed by atoms with Crippen LogP contribution in [0.15, 0.2) is 152 Å². The van der Waals surface area contributed by atoms with Crippen LogP contribution in [0.4, 0.5) is 0 Å². The second-order valence-electron chi connectivity index (χ2n) is 12.3. The van der Waals surface area contributed by atoms with Crippen molar-refractivity contribution in [2.24, 2.45) is 7.05 Å². The van der Waals surface area contributed by atoms with Gasteiger partial charge in [-0.25, -0.2) is 0 Å². The zero-order chi connectivity index (χ0) is 29.6. The van der Waals surface area contributed by atoms with Gasteiger partial charge in [-0.05, 0) is 88.0 Å². The minimum Gasteiger partial charge on any atom is -0.344 e. The summed E-state index contributed by atoms with van der Waals surface area (Å²) in [7, 11) is 2.17. The molecule has 210 valence electrons. The molecule has 0 saturated heterocycles. The van der Waals surface area contributed by atoms with E-state index < -0.39 is 0 Å². The first-order chi connectivity index (χ1) is 22.2. The Bertz CT molecular complexity index is 2740. The Kier molecular flexibility index (Phi) is 4.95. The zero-order valence-corrected chi connectivity index (χ0v) is 24.8. The van der Waals surface area contributed by atoms with Crippen LogP contribution in [0.1, 0.15) is 0 Å². The highest BCUT2D eigenvalue weighted by Gasteiger charge is 2.19. The zero-order valence-electron chi connectivity index (χ0n) is 24.8. The largest absolute Gasteiger partial charge is 0.344 e. The van der Waals surface area contributed by atoms with Crippen molar-refractivity contribution >= 4 is 59.9 Å². The van der Waals surface area contributed by atoms with E-state index in [1.54, 1.807) is 0 Å². The highest BCUT2D eigenvalue weighted by Crippen LogP contribution is 2.43. The van der Waals surface area contributed by atoms with Gasteiger partial charge in [0.1, 0.15) is 0 Å². The summed E-state index contributed by atoms with van der Waals surface area (Å²) < 4.78 is 4.78. The molecule has 0 radical (unpaired) electrons. The predicted molar refractivity (Wildman–Crippen MR) is 191 cm³/mol. The van der Waals surface area contributed by atoms with Crippen LogP contribution in [0.2, 0.25) is 0 Å². The number of para-hydroxylation sites is 1. The van der Waals surface area contributed by atoms with E-state index in [0.717, 1.165) is 0 Å². The Morgan fingerprint density at radius 2 is 0.733 bits per heavy atom. The third-order valence-electron chi connectivity index (χ3n) is 9.85. The summed E-state index contributed by atoms with van der Waals surface area (Å²) in [5, 5.41) is 7.78. The molecule has 0 atom stereocenters. The summed E-state index contributed by atoms with van der Waals surface area (Å²) in [4.78, 5) is 0. The first-order valence-corrected chi connectivity index (χ1v) is 15.6. The van der Waals surface area contributed by atoms with Crippen molar-refractivity contribution in [1.82, 2.24) is 8.97 Å². The summed E-state index contributed by atoms with van der Waals surface area (Å²) in [5.74, 6) is 0. The lowest BCUT2D eigenvalue weighted by molar-refractivity contribution is 1.01. The molecule has 45 heavy (non-hydrogen) atoms. The van der Waals surface area contributed by atoms with Gasteiger partial charge in [-0.3, -0.25) is 0 Å². The van der Waals surface area contributed by atoms with Gasteiger partial charge in [-0.15, -0.1) is 0 Å². The van der Waals surface area contributed by atoms with Crippen molar-refractivity contribution < 1.29 is 0 Å². The van der Waals surface area contributed by atoms with E-state index in [2.05, 4.69) is 168 Å². The number of aryl methyl sites for hydroxylation is 1. The molecule has 0 unspecified atom stereocenters. The van der Waals surface area contributed by atoms with Gasteiger partial charge in [0.15, 0.2) is 0 Å². The molecule has 0 spiro atoms. The third-order valence-corrected chi connectivity index (χ3v) is 9.85. The Labute approximate surface area is 260 Å². The number of aromatic nitrogens is 2. The highest BCUT2D eigenvalue weighted by molar-refractivity contribution is 6.25. The van der Waals surface area contributed by atoms with Gasteiger partial charge in [0.05, 0.1) is 16.6 Å². The summed E-state index contributed by atoms with van der Waals surface area (Å²) in [6, 6.07) is 55.8. The Balaban J connectivity index is 1.22. The molecule has 0 aliphatic heterocycles. The highest BCUT2D eigenvalue weighted by atomic mass is 14.9. The van der Waals surface area contributed by atoms with Crippen LogP contribution in [0, 0.1) is 0 Å². The van der Waals surface area contributed by atoms with Crippen LogP contribution in [0.25, 0.3) is 93.3 Å². The number of fused-ring (bicyclic) bond motifs is 9. The predicted octanol–water partition coefficient (Wildman–Crippen LogP) is 11.5. The SMILES string of the molecule is Cn1c2ccc(-c3ccccc3)cc2c2cc(-c3ccc4c(c3)c3cc(-c5ccccc5)cc5c6ccccc6n4c53)ccc21. The molecule has 7 aromatic carbocycles. The summed E-state index contributed by atoms with van der Waals surface area (Å²) in [6.07, 6.45) is 0. The molecule has 10 rings (SSSR count). The molecular weight excluding hydrogens is 544 g/mol. The standard InChI is InChI=1S/C43H28N2/c1-44-39-19-16-29(27-10-4-2-5-11-27)22-34(39)35-23-30(17-20-40(35)44)31-18-21-42-36(24-31)38-26-32(28-12-6-3-7-13-28)25-37-33-14-8-9-15-41(33)45(42)43(37)38/h2-26H,1H3. The molecule has 0 amide bonds. The van der Waals surface area contributed by atoms with Gasteiger partial charge in [-0.1, -0.05) is 97.1 Å². The van der Waals surface area contributed by atoms with E-state index in [1.165, 1.54) is 93.3 Å². The van der Waals surface area contributed by atoms with Crippen molar-refractivity contribution in [2.45, 2.75) is 0 Å². The molecule has 0 aliphatic carbocycles. The molecule has 3 heterocycles. The van der Waals surface area contributed by atoms with Gasteiger partial charge in [0.25, 0.3) is 0 Å². The average Bonchev–Trinajstić information content (AvgIpc) is 3.72. The second kappa shape index (κ2) is 9.07. The molecule has 0 fully saturated rings. The van der Waals surface area contributed by atoms with E-state index >= 15 is 0 Å². The van der Waals surface area contributed by atoms with Crippen LogP contribution < -0.4 is 0 Å². The molecule has 2 nitrogen and oxygen atoms in total. The van der Waals surface area contributed by atoms with Gasteiger partial charge in [-0.2, -0.15) is 0 Å². The van der Waals surface area contributed by atoms with Crippen LogP contribution in [-0.4, -0.2) is 8.97 Å². The molecular formula is C43H28N2. The lowest BCUT2D eigenvalue weighted by Gasteiger charge is -2.06. The van der Waals surface area contributed by atoms with Crippen molar-refractivity contribution in [3.8, 4) is 33.4 Å². The molecule has 0 saturated carbocycles. The monoisotopic (exact) mass is 572 g/mol. The van der Waals surface area contributed by atoms with E-state index in [4.69, 9.17) is 0 Å². The molecule has 2 heteroatoms. The Hall–Kier alpha value is -5.86. The molecule has 0 N–H and O–H groups in total. The van der Waals surface area contributed by atoms with Gasteiger partial charge in [0, 0.05) is 50.4 Å². The number of benzene rings is 7. The minimum absolute atomic E-state index is 1.24. The van der Waals surface area contributed by atoms with E-state index in [1.807, 2.05) is 0 Å². The summed E-state index contributed by atoms with van der Waals surface area (Å²) in [5.41, 5.74) is 13.8. The van der Waals surface area contributed by atoms with Crippen LogP contribution in [-0.2, 0) is 7.05 Å². The molecule has 0 aliphatic rings. The summed E-state index contributed by atoms with van der Waals surface area (Å²) in [6.45, 7) is 0. The second-order valence-corrected chi connectivity index (χ2v) is 12.3. The lowest BCUT2D eigenvalue weighted by atomic mass is 9.97. The lowest BCUT2D eigenvalue weighted by Crippen LogP contribution is -1.86. The molecule has 3 aromatic heterocycles. The maximum Gasteiger partial charge on any atom is 0.0620 e. The topological polar surface area (TPSA) is 9.34 Å².